The summed E-state index contributed by atoms with van der Waals surface area (Å²) in [6, 6.07) is 2.69. The summed E-state index contributed by atoms with van der Waals surface area (Å²) < 4.78 is 28.3. The van der Waals surface area contributed by atoms with E-state index < -0.39 is 11.6 Å². The van der Waals surface area contributed by atoms with E-state index in [9.17, 15) is 8.78 Å². The van der Waals surface area contributed by atoms with Crippen LogP contribution in [0.5, 0.6) is 0 Å². The minimum atomic E-state index is -0.528. The molecule has 0 aliphatic rings. The molecule has 0 fully saturated rings. The van der Waals surface area contributed by atoms with Crippen LogP contribution in [0.4, 0.5) is 8.78 Å². The molecule has 0 bridgehead atoms. The first-order valence-electron chi connectivity index (χ1n) is 4.53. The van der Waals surface area contributed by atoms with E-state index in [-0.39, 0.29) is 5.56 Å². The molecule has 0 saturated heterocycles. The van der Waals surface area contributed by atoms with Gasteiger partial charge in [-0.25, -0.2) is 8.78 Å². The lowest BCUT2D eigenvalue weighted by atomic mass is 10.1. The zero-order valence-electron chi connectivity index (χ0n) is 8.46. The van der Waals surface area contributed by atoms with Crippen molar-refractivity contribution in [2.24, 2.45) is 7.05 Å². The Morgan fingerprint density at radius 3 is 2.60 bits per heavy atom. The molecular formula is C11H10F2N2. The van der Waals surface area contributed by atoms with Gasteiger partial charge in [0.25, 0.3) is 0 Å². The highest BCUT2D eigenvalue weighted by molar-refractivity contribution is 5.63. The van der Waals surface area contributed by atoms with Crippen molar-refractivity contribution >= 4 is 0 Å². The molecule has 0 amide bonds. The number of aromatic nitrogens is 2. The molecule has 2 aromatic rings. The number of hydrogen-bond acceptors (Lipinski definition) is 1. The highest BCUT2D eigenvalue weighted by Crippen LogP contribution is 2.25. The van der Waals surface area contributed by atoms with Crippen molar-refractivity contribution in [3.63, 3.8) is 0 Å². The van der Waals surface area contributed by atoms with Gasteiger partial charge < -0.3 is 0 Å². The van der Waals surface area contributed by atoms with Crippen LogP contribution in [0.3, 0.4) is 0 Å². The van der Waals surface area contributed by atoms with Crippen LogP contribution in [0.2, 0.25) is 0 Å². The maximum absolute atomic E-state index is 13.7. The highest BCUT2D eigenvalue weighted by Gasteiger charge is 2.12. The maximum atomic E-state index is 13.7. The summed E-state index contributed by atoms with van der Waals surface area (Å²) in [5, 5.41) is 3.94. The minimum absolute atomic E-state index is 0.0383. The molecule has 0 aliphatic heterocycles. The van der Waals surface area contributed by atoms with Crippen LogP contribution in [-0.2, 0) is 7.05 Å². The third-order valence-electron chi connectivity index (χ3n) is 2.34. The van der Waals surface area contributed by atoms with Crippen molar-refractivity contribution < 1.29 is 8.78 Å². The molecular weight excluding hydrogens is 198 g/mol. The van der Waals surface area contributed by atoms with Gasteiger partial charge in [0.15, 0.2) is 0 Å². The summed E-state index contributed by atoms with van der Waals surface area (Å²) in [7, 11) is 1.75. The molecule has 1 heterocycles. The fourth-order valence-electron chi connectivity index (χ4n) is 1.44. The van der Waals surface area contributed by atoms with Crippen LogP contribution in [0, 0.1) is 18.6 Å². The van der Waals surface area contributed by atoms with E-state index in [0.29, 0.717) is 11.1 Å². The first kappa shape index (κ1) is 9.83. The summed E-state index contributed by atoms with van der Waals surface area (Å²) in [6.45, 7) is 1.42. The molecule has 2 nitrogen and oxygen atoms in total. The summed E-state index contributed by atoms with van der Waals surface area (Å²) in [5.74, 6) is -1.05. The van der Waals surface area contributed by atoms with Crippen molar-refractivity contribution in [1.82, 2.24) is 9.78 Å². The fourth-order valence-corrected chi connectivity index (χ4v) is 1.44. The predicted molar refractivity (Wildman–Crippen MR) is 53.3 cm³/mol. The van der Waals surface area contributed by atoms with Crippen molar-refractivity contribution in [2.75, 3.05) is 0 Å². The SMILES string of the molecule is Cc1c(F)ccc(-c2cnn(C)c2)c1F. The number of nitrogens with zero attached hydrogens (tertiary/aromatic N) is 2. The van der Waals surface area contributed by atoms with E-state index in [1.807, 2.05) is 0 Å². The lowest BCUT2D eigenvalue weighted by Gasteiger charge is -2.03. The Bertz CT molecular complexity index is 503. The molecule has 0 aliphatic carbocycles. The molecule has 15 heavy (non-hydrogen) atoms. The van der Waals surface area contributed by atoms with E-state index in [2.05, 4.69) is 5.10 Å². The molecule has 1 aromatic carbocycles. The van der Waals surface area contributed by atoms with Gasteiger partial charge in [-0.15, -0.1) is 0 Å². The quantitative estimate of drug-likeness (QED) is 0.704. The van der Waals surface area contributed by atoms with Crippen molar-refractivity contribution in [1.29, 1.82) is 0 Å². The number of rotatable bonds is 1. The number of aryl methyl sites for hydroxylation is 1. The number of benzene rings is 1. The molecule has 4 heteroatoms. The van der Waals surface area contributed by atoms with Gasteiger partial charge >= 0.3 is 0 Å². The highest BCUT2D eigenvalue weighted by atomic mass is 19.1. The molecule has 2 rings (SSSR count). The summed E-state index contributed by atoms with van der Waals surface area (Å²) in [4.78, 5) is 0. The van der Waals surface area contributed by atoms with Crippen LogP contribution in [-0.4, -0.2) is 9.78 Å². The first-order valence-corrected chi connectivity index (χ1v) is 4.53. The van der Waals surface area contributed by atoms with Gasteiger partial charge in [-0.1, -0.05) is 0 Å². The van der Waals surface area contributed by atoms with Gasteiger partial charge in [-0.3, -0.25) is 4.68 Å². The van der Waals surface area contributed by atoms with Gasteiger partial charge in [0.1, 0.15) is 11.6 Å². The zero-order valence-corrected chi connectivity index (χ0v) is 8.46. The van der Waals surface area contributed by atoms with Crippen LogP contribution in [0.25, 0.3) is 11.1 Å². The van der Waals surface area contributed by atoms with Crippen molar-refractivity contribution in [3.05, 3.63) is 41.7 Å². The van der Waals surface area contributed by atoms with Gasteiger partial charge in [0, 0.05) is 29.9 Å². The lowest BCUT2D eigenvalue weighted by molar-refractivity contribution is 0.570. The molecule has 0 unspecified atom stereocenters. The third-order valence-corrected chi connectivity index (χ3v) is 2.34. The molecule has 0 atom stereocenters. The van der Waals surface area contributed by atoms with Crippen LogP contribution in [0.15, 0.2) is 24.5 Å². The molecule has 0 N–H and O–H groups in total. The smallest absolute Gasteiger partial charge is 0.136 e. The Morgan fingerprint density at radius 1 is 1.27 bits per heavy atom. The van der Waals surface area contributed by atoms with Gasteiger partial charge in [-0.05, 0) is 19.1 Å². The van der Waals surface area contributed by atoms with E-state index in [1.165, 1.54) is 19.1 Å². The lowest BCUT2D eigenvalue weighted by Crippen LogP contribution is -1.91. The Kier molecular flexibility index (Phi) is 2.26. The van der Waals surface area contributed by atoms with E-state index >= 15 is 0 Å². The van der Waals surface area contributed by atoms with E-state index in [1.54, 1.807) is 24.1 Å². The molecule has 0 saturated carbocycles. The fraction of sp³-hybridized carbons (Fsp3) is 0.182. The Hall–Kier alpha value is -1.71. The Balaban J connectivity index is 2.59. The summed E-state index contributed by atoms with van der Waals surface area (Å²) in [5.41, 5.74) is 1.07. The Labute approximate surface area is 86.2 Å². The average Bonchev–Trinajstić information content (AvgIpc) is 2.61. The van der Waals surface area contributed by atoms with Crippen LogP contribution >= 0.6 is 0 Å². The van der Waals surface area contributed by atoms with Crippen LogP contribution < -0.4 is 0 Å². The van der Waals surface area contributed by atoms with E-state index in [0.717, 1.165) is 0 Å². The second kappa shape index (κ2) is 3.46. The molecule has 0 spiro atoms. The molecule has 1 aromatic heterocycles. The molecule has 0 radical (unpaired) electrons. The largest absolute Gasteiger partial charge is 0.275 e. The van der Waals surface area contributed by atoms with Crippen molar-refractivity contribution in [3.8, 4) is 11.1 Å². The molecule has 78 valence electrons. The van der Waals surface area contributed by atoms with E-state index in [4.69, 9.17) is 0 Å². The summed E-state index contributed by atoms with van der Waals surface area (Å²) in [6.07, 6.45) is 3.24. The second-order valence-corrected chi connectivity index (χ2v) is 3.44. The Morgan fingerprint density at radius 2 is 2.00 bits per heavy atom. The second-order valence-electron chi connectivity index (χ2n) is 3.44. The number of hydrogen-bond donors (Lipinski definition) is 0. The van der Waals surface area contributed by atoms with Gasteiger partial charge in [0.05, 0.1) is 6.20 Å². The summed E-state index contributed by atoms with van der Waals surface area (Å²) >= 11 is 0. The average molecular weight is 208 g/mol. The standard InChI is InChI=1S/C11H10F2N2/c1-7-10(12)4-3-9(11(7)13)8-5-14-15(2)6-8/h3-6H,1-2H3. The topological polar surface area (TPSA) is 17.8 Å². The number of halogens is 2. The van der Waals surface area contributed by atoms with Gasteiger partial charge in [-0.2, -0.15) is 5.10 Å². The minimum Gasteiger partial charge on any atom is -0.275 e. The zero-order chi connectivity index (χ0) is 11.0. The van der Waals surface area contributed by atoms with Crippen molar-refractivity contribution in [2.45, 2.75) is 6.92 Å². The monoisotopic (exact) mass is 208 g/mol. The van der Waals surface area contributed by atoms with Crippen LogP contribution in [0.1, 0.15) is 5.56 Å². The van der Waals surface area contributed by atoms with Gasteiger partial charge in [0.2, 0.25) is 0 Å². The normalized spacial score (nSPS) is 10.7. The predicted octanol–water partition coefficient (Wildman–Crippen LogP) is 2.67. The third kappa shape index (κ3) is 1.63. The first-order chi connectivity index (χ1) is 7.09. The maximum Gasteiger partial charge on any atom is 0.136 e.